The number of anilines is 2. The number of rotatable bonds is 5. The molecule has 1 aromatic heterocycles. The third-order valence-corrected chi connectivity index (χ3v) is 6.77. The first-order valence-corrected chi connectivity index (χ1v) is 10.6. The first-order valence-electron chi connectivity index (χ1n) is 8.12. The monoisotopic (exact) mass is 392 g/mol. The van der Waals surface area contributed by atoms with E-state index in [-0.39, 0.29) is 11.7 Å². The van der Waals surface area contributed by atoms with Gasteiger partial charge in [-0.25, -0.2) is 8.42 Å². The van der Waals surface area contributed by atoms with Crippen LogP contribution in [-0.2, 0) is 14.8 Å². The number of nitrogens with one attached hydrogen (secondary N) is 1. The van der Waals surface area contributed by atoms with Crippen LogP contribution in [0.5, 0.6) is 5.75 Å². The molecule has 3 rings (SSSR count). The summed E-state index contributed by atoms with van der Waals surface area (Å²) in [6.45, 7) is 2.18. The average molecular weight is 393 g/mol. The highest BCUT2D eigenvalue weighted by atomic mass is 32.2. The van der Waals surface area contributed by atoms with Crippen molar-refractivity contribution in [2.24, 2.45) is 0 Å². The van der Waals surface area contributed by atoms with Gasteiger partial charge in [-0.1, -0.05) is 6.07 Å². The van der Waals surface area contributed by atoms with Crippen molar-refractivity contribution in [2.45, 2.75) is 13.3 Å². The summed E-state index contributed by atoms with van der Waals surface area (Å²) >= 11 is 1.55. The standard InChI is InChI=1S/C18H20N2O4S2/c1-13(11-15-5-3-9-25-15)18(21)19-16-12-14(6-7-17(16)24-2)20-8-4-10-26(20,22)23/h3,5-7,9,11-12H,4,8,10H2,1-2H3,(H,19,21)/b13-11+. The lowest BCUT2D eigenvalue weighted by Gasteiger charge is -2.19. The van der Waals surface area contributed by atoms with E-state index in [1.807, 2.05) is 17.5 Å². The summed E-state index contributed by atoms with van der Waals surface area (Å²) in [5.41, 5.74) is 1.52. The molecule has 8 heteroatoms. The third kappa shape index (κ3) is 3.91. The molecule has 1 aliphatic rings. The number of nitrogens with zero attached hydrogens (tertiary/aromatic N) is 1. The predicted octanol–water partition coefficient (Wildman–Crippen LogP) is 3.34. The molecule has 2 heterocycles. The van der Waals surface area contributed by atoms with E-state index >= 15 is 0 Å². The van der Waals surface area contributed by atoms with Crippen molar-refractivity contribution in [2.75, 3.05) is 29.0 Å². The summed E-state index contributed by atoms with van der Waals surface area (Å²) in [6, 6.07) is 8.84. The number of carbonyl (C=O) groups excluding carboxylic acids is 1. The number of hydrogen-bond acceptors (Lipinski definition) is 5. The van der Waals surface area contributed by atoms with Crippen molar-refractivity contribution in [3.05, 3.63) is 46.2 Å². The fraction of sp³-hybridized carbons (Fsp3) is 0.278. The number of methoxy groups -OCH3 is 1. The van der Waals surface area contributed by atoms with Gasteiger partial charge in [0.15, 0.2) is 0 Å². The van der Waals surface area contributed by atoms with Crippen molar-refractivity contribution in [1.82, 2.24) is 0 Å². The molecule has 1 fully saturated rings. The number of sulfonamides is 1. The van der Waals surface area contributed by atoms with Gasteiger partial charge >= 0.3 is 0 Å². The molecule has 1 amide bonds. The van der Waals surface area contributed by atoms with E-state index in [1.165, 1.54) is 11.4 Å². The first kappa shape index (κ1) is 18.5. The maximum Gasteiger partial charge on any atom is 0.251 e. The van der Waals surface area contributed by atoms with Crippen LogP contribution in [0.25, 0.3) is 6.08 Å². The van der Waals surface area contributed by atoms with Crippen LogP contribution >= 0.6 is 11.3 Å². The number of benzene rings is 1. The van der Waals surface area contributed by atoms with E-state index in [1.54, 1.807) is 42.5 Å². The van der Waals surface area contributed by atoms with E-state index in [9.17, 15) is 13.2 Å². The maximum absolute atomic E-state index is 12.5. The van der Waals surface area contributed by atoms with E-state index in [0.717, 1.165) is 4.88 Å². The molecule has 0 unspecified atom stereocenters. The van der Waals surface area contributed by atoms with Crippen LogP contribution in [0, 0.1) is 0 Å². The Kier molecular flexibility index (Phi) is 5.33. The van der Waals surface area contributed by atoms with Gasteiger partial charge in [-0.3, -0.25) is 9.10 Å². The van der Waals surface area contributed by atoms with Gasteiger partial charge in [0.2, 0.25) is 10.0 Å². The summed E-state index contributed by atoms with van der Waals surface area (Å²) in [4.78, 5) is 13.5. The molecule has 1 N–H and O–H groups in total. The minimum Gasteiger partial charge on any atom is -0.495 e. The van der Waals surface area contributed by atoms with Gasteiger partial charge < -0.3 is 10.1 Å². The number of carbonyl (C=O) groups is 1. The summed E-state index contributed by atoms with van der Waals surface area (Å²) in [7, 11) is -1.78. The predicted molar refractivity (Wildman–Crippen MR) is 105 cm³/mol. The lowest BCUT2D eigenvalue weighted by molar-refractivity contribution is -0.112. The average Bonchev–Trinajstić information content (AvgIpc) is 3.23. The Morgan fingerprint density at radius 3 is 2.77 bits per heavy atom. The Bertz CT molecular complexity index is 934. The molecule has 1 aromatic carbocycles. The van der Waals surface area contributed by atoms with Crippen LogP contribution in [0.1, 0.15) is 18.2 Å². The van der Waals surface area contributed by atoms with Crippen molar-refractivity contribution < 1.29 is 17.9 Å². The molecule has 0 aliphatic carbocycles. The zero-order valence-electron chi connectivity index (χ0n) is 14.6. The molecular weight excluding hydrogens is 372 g/mol. The van der Waals surface area contributed by atoms with Gasteiger partial charge in [-0.2, -0.15) is 0 Å². The fourth-order valence-corrected chi connectivity index (χ4v) is 5.02. The van der Waals surface area contributed by atoms with E-state index in [2.05, 4.69) is 5.32 Å². The number of hydrogen-bond donors (Lipinski definition) is 1. The fourth-order valence-electron chi connectivity index (χ4n) is 2.75. The smallest absolute Gasteiger partial charge is 0.251 e. The SMILES string of the molecule is COc1ccc(N2CCCS2(=O)=O)cc1NC(=O)/C(C)=C/c1cccs1. The molecule has 1 saturated heterocycles. The molecule has 0 saturated carbocycles. The van der Waals surface area contributed by atoms with E-state index in [4.69, 9.17) is 4.74 Å². The number of ether oxygens (including phenoxy) is 1. The summed E-state index contributed by atoms with van der Waals surface area (Å²) in [5, 5.41) is 4.76. The van der Waals surface area contributed by atoms with Crippen LogP contribution in [0.4, 0.5) is 11.4 Å². The molecule has 0 atom stereocenters. The van der Waals surface area contributed by atoms with Crippen molar-refractivity contribution in [3.63, 3.8) is 0 Å². The summed E-state index contributed by atoms with van der Waals surface area (Å²) in [6.07, 6.45) is 2.40. The number of thiophene rings is 1. The Morgan fingerprint density at radius 2 is 2.15 bits per heavy atom. The van der Waals surface area contributed by atoms with E-state index in [0.29, 0.717) is 35.7 Å². The van der Waals surface area contributed by atoms with Crippen molar-refractivity contribution in [1.29, 1.82) is 0 Å². The van der Waals surface area contributed by atoms with Crippen LogP contribution in [-0.4, -0.2) is 33.7 Å². The molecule has 26 heavy (non-hydrogen) atoms. The topological polar surface area (TPSA) is 75.7 Å². The Balaban J connectivity index is 1.86. The third-order valence-electron chi connectivity index (χ3n) is 4.08. The van der Waals surface area contributed by atoms with Crippen LogP contribution in [0.3, 0.4) is 0 Å². The molecule has 2 aromatic rings. The maximum atomic E-state index is 12.5. The van der Waals surface area contributed by atoms with Crippen molar-refractivity contribution >= 4 is 44.7 Å². The number of amides is 1. The van der Waals surface area contributed by atoms with Gasteiger partial charge in [0.05, 0.1) is 24.2 Å². The molecule has 1 aliphatic heterocycles. The van der Waals surface area contributed by atoms with Crippen LogP contribution in [0.2, 0.25) is 0 Å². The van der Waals surface area contributed by atoms with Crippen LogP contribution in [0.15, 0.2) is 41.3 Å². The highest BCUT2D eigenvalue weighted by molar-refractivity contribution is 7.93. The largest absolute Gasteiger partial charge is 0.495 e. The Morgan fingerprint density at radius 1 is 1.35 bits per heavy atom. The lowest BCUT2D eigenvalue weighted by Crippen LogP contribution is -2.25. The molecule has 0 bridgehead atoms. The zero-order chi connectivity index (χ0) is 18.7. The Hall–Kier alpha value is -2.32. The molecule has 0 radical (unpaired) electrons. The van der Waals surface area contributed by atoms with E-state index < -0.39 is 10.0 Å². The Labute approximate surface area is 157 Å². The lowest BCUT2D eigenvalue weighted by atomic mass is 10.2. The van der Waals surface area contributed by atoms with Gasteiger partial charge in [0.1, 0.15) is 5.75 Å². The second-order valence-corrected chi connectivity index (χ2v) is 8.92. The summed E-state index contributed by atoms with van der Waals surface area (Å²) < 4.78 is 30.9. The van der Waals surface area contributed by atoms with Crippen molar-refractivity contribution in [3.8, 4) is 5.75 Å². The minimum absolute atomic E-state index is 0.142. The molecule has 6 nitrogen and oxygen atoms in total. The van der Waals surface area contributed by atoms with Gasteiger partial charge in [0, 0.05) is 17.0 Å². The molecule has 138 valence electrons. The summed E-state index contributed by atoms with van der Waals surface area (Å²) in [5.74, 6) is 0.351. The van der Waals surface area contributed by atoms with Gasteiger partial charge in [0.25, 0.3) is 5.91 Å². The zero-order valence-corrected chi connectivity index (χ0v) is 16.2. The minimum atomic E-state index is -3.29. The molecular formula is C18H20N2O4S2. The highest BCUT2D eigenvalue weighted by Gasteiger charge is 2.29. The quantitative estimate of drug-likeness (QED) is 0.792. The second-order valence-electron chi connectivity index (χ2n) is 5.92. The molecule has 0 spiro atoms. The first-order chi connectivity index (χ1) is 12.4. The normalized spacial score (nSPS) is 16.5. The second kappa shape index (κ2) is 7.51. The highest BCUT2D eigenvalue weighted by Crippen LogP contribution is 2.33. The van der Waals surface area contributed by atoms with Crippen LogP contribution < -0.4 is 14.4 Å². The van der Waals surface area contributed by atoms with Gasteiger partial charge in [-0.15, -0.1) is 11.3 Å². The van der Waals surface area contributed by atoms with Gasteiger partial charge in [-0.05, 0) is 49.1 Å².